The van der Waals surface area contributed by atoms with Crippen LogP contribution < -0.4 is 0 Å². The first-order valence-electron chi connectivity index (χ1n) is 7.08. The summed E-state index contributed by atoms with van der Waals surface area (Å²) >= 11 is 0. The summed E-state index contributed by atoms with van der Waals surface area (Å²) in [6, 6.07) is 3.44. The maximum Gasteiger partial charge on any atom is 0.337 e. The van der Waals surface area contributed by atoms with Crippen molar-refractivity contribution < 1.29 is 9.90 Å². The van der Waals surface area contributed by atoms with Gasteiger partial charge in [-0.15, -0.1) is 0 Å². The summed E-state index contributed by atoms with van der Waals surface area (Å²) in [4.78, 5) is 17.4. The number of carbonyl (C=O) groups is 1. The van der Waals surface area contributed by atoms with Crippen molar-refractivity contribution >= 4 is 5.97 Å². The number of pyridine rings is 1. The van der Waals surface area contributed by atoms with Gasteiger partial charge in [-0.2, -0.15) is 0 Å². The summed E-state index contributed by atoms with van der Waals surface area (Å²) in [5.74, 6) is -0.923. The highest BCUT2D eigenvalue weighted by molar-refractivity contribution is 5.87. The molecule has 4 heteroatoms. The fourth-order valence-electron chi connectivity index (χ4n) is 1.91. The Morgan fingerprint density at radius 1 is 1.21 bits per heavy atom. The van der Waals surface area contributed by atoms with E-state index in [-0.39, 0.29) is 5.56 Å². The molecule has 0 aliphatic rings. The van der Waals surface area contributed by atoms with E-state index in [0.717, 1.165) is 25.3 Å². The Labute approximate surface area is 115 Å². The van der Waals surface area contributed by atoms with Crippen molar-refractivity contribution in [3.05, 3.63) is 29.6 Å². The number of hydrogen-bond donors (Lipinski definition) is 1. The van der Waals surface area contributed by atoms with E-state index < -0.39 is 5.97 Å². The molecule has 106 valence electrons. The minimum atomic E-state index is -0.923. The van der Waals surface area contributed by atoms with Crippen molar-refractivity contribution in [3.63, 3.8) is 0 Å². The fourth-order valence-corrected chi connectivity index (χ4v) is 1.91. The Bertz CT molecular complexity index is 368. The predicted molar refractivity (Wildman–Crippen MR) is 76.3 cm³/mol. The lowest BCUT2D eigenvalue weighted by Gasteiger charge is -2.21. The van der Waals surface area contributed by atoms with Crippen molar-refractivity contribution in [1.82, 2.24) is 9.88 Å². The first-order valence-corrected chi connectivity index (χ1v) is 7.08. The third-order valence-corrected chi connectivity index (χ3v) is 3.11. The summed E-state index contributed by atoms with van der Waals surface area (Å²) in [6.07, 6.45) is 6.20. The van der Waals surface area contributed by atoms with Crippen molar-refractivity contribution in [2.75, 3.05) is 13.1 Å². The van der Waals surface area contributed by atoms with Crippen LogP contribution in [-0.2, 0) is 6.54 Å². The molecule has 1 rings (SSSR count). The Kier molecular flexibility index (Phi) is 7.11. The van der Waals surface area contributed by atoms with Gasteiger partial charge in [0.15, 0.2) is 0 Å². The fraction of sp³-hybridized carbons (Fsp3) is 0.600. The molecule has 0 aliphatic carbocycles. The molecule has 0 atom stereocenters. The lowest BCUT2D eigenvalue weighted by molar-refractivity contribution is 0.0696. The molecule has 0 fully saturated rings. The first kappa shape index (κ1) is 15.6. The van der Waals surface area contributed by atoms with Crippen LogP contribution in [0.1, 0.15) is 55.6 Å². The zero-order valence-electron chi connectivity index (χ0n) is 11.9. The summed E-state index contributed by atoms with van der Waals surface area (Å²) in [7, 11) is 0. The first-order chi connectivity index (χ1) is 9.17. The van der Waals surface area contributed by atoms with Gasteiger partial charge in [0.1, 0.15) is 0 Å². The molecule has 1 N–H and O–H groups in total. The second-order valence-electron chi connectivity index (χ2n) is 4.83. The largest absolute Gasteiger partial charge is 0.478 e. The van der Waals surface area contributed by atoms with E-state index in [2.05, 4.69) is 23.7 Å². The van der Waals surface area contributed by atoms with Gasteiger partial charge in [0.2, 0.25) is 0 Å². The Morgan fingerprint density at radius 2 is 1.84 bits per heavy atom. The van der Waals surface area contributed by atoms with Gasteiger partial charge in [-0.05, 0) is 38.1 Å². The second-order valence-corrected chi connectivity index (χ2v) is 4.83. The molecule has 0 amide bonds. The minimum Gasteiger partial charge on any atom is -0.478 e. The molecule has 19 heavy (non-hydrogen) atoms. The van der Waals surface area contributed by atoms with Gasteiger partial charge in [-0.25, -0.2) is 4.79 Å². The summed E-state index contributed by atoms with van der Waals surface area (Å²) in [6.45, 7) is 7.35. The van der Waals surface area contributed by atoms with Gasteiger partial charge >= 0.3 is 5.97 Å². The number of rotatable bonds is 9. The quantitative estimate of drug-likeness (QED) is 0.744. The van der Waals surface area contributed by atoms with Gasteiger partial charge in [0.25, 0.3) is 0 Å². The van der Waals surface area contributed by atoms with Crippen LogP contribution in [0.2, 0.25) is 0 Å². The molecule has 4 nitrogen and oxygen atoms in total. The number of carboxylic acid groups (broad SMARTS) is 1. The maximum absolute atomic E-state index is 10.8. The van der Waals surface area contributed by atoms with Crippen LogP contribution in [-0.4, -0.2) is 34.0 Å². The highest BCUT2D eigenvalue weighted by Gasteiger charge is 2.07. The number of unbranched alkanes of at least 4 members (excludes halogenated alkanes) is 2. The smallest absolute Gasteiger partial charge is 0.337 e. The van der Waals surface area contributed by atoms with E-state index in [0.29, 0.717) is 0 Å². The second kappa shape index (κ2) is 8.64. The van der Waals surface area contributed by atoms with Crippen LogP contribution in [0.25, 0.3) is 0 Å². The van der Waals surface area contributed by atoms with Crippen molar-refractivity contribution in [2.24, 2.45) is 0 Å². The number of aromatic nitrogens is 1. The third-order valence-electron chi connectivity index (χ3n) is 3.11. The number of aromatic carboxylic acids is 1. The summed E-state index contributed by atoms with van der Waals surface area (Å²) < 4.78 is 0. The normalized spacial score (nSPS) is 10.9. The minimum absolute atomic E-state index is 0.248. The monoisotopic (exact) mass is 264 g/mol. The lowest BCUT2D eigenvalue weighted by atomic mass is 10.2. The molecule has 1 heterocycles. The van der Waals surface area contributed by atoms with Crippen molar-refractivity contribution in [3.8, 4) is 0 Å². The van der Waals surface area contributed by atoms with Crippen LogP contribution in [0, 0.1) is 0 Å². The molecule has 0 bridgehead atoms. The van der Waals surface area contributed by atoms with E-state index in [4.69, 9.17) is 5.11 Å². The molecule has 0 saturated carbocycles. The van der Waals surface area contributed by atoms with Crippen LogP contribution in [0.15, 0.2) is 18.3 Å². The Morgan fingerprint density at radius 3 is 2.26 bits per heavy atom. The van der Waals surface area contributed by atoms with E-state index in [1.807, 2.05) is 6.07 Å². The predicted octanol–water partition coefficient (Wildman–Crippen LogP) is 3.18. The van der Waals surface area contributed by atoms with E-state index in [1.165, 1.54) is 31.9 Å². The molecule has 0 aliphatic heterocycles. The molecule has 0 spiro atoms. The van der Waals surface area contributed by atoms with Crippen molar-refractivity contribution in [1.29, 1.82) is 0 Å². The van der Waals surface area contributed by atoms with Crippen molar-refractivity contribution in [2.45, 2.75) is 46.1 Å². The molecule has 1 aromatic heterocycles. The molecule has 0 aromatic carbocycles. The molecule has 1 aromatic rings. The van der Waals surface area contributed by atoms with E-state index in [1.54, 1.807) is 6.07 Å². The lowest BCUT2D eigenvalue weighted by Crippen LogP contribution is -2.26. The van der Waals surface area contributed by atoms with Gasteiger partial charge in [-0.3, -0.25) is 9.88 Å². The number of nitrogens with zero attached hydrogens (tertiary/aromatic N) is 2. The summed E-state index contributed by atoms with van der Waals surface area (Å²) in [5.41, 5.74) is 1.19. The van der Waals surface area contributed by atoms with Gasteiger partial charge in [0, 0.05) is 12.7 Å². The van der Waals surface area contributed by atoms with E-state index >= 15 is 0 Å². The molecule has 0 radical (unpaired) electrons. The topological polar surface area (TPSA) is 53.4 Å². The van der Waals surface area contributed by atoms with Crippen LogP contribution in [0.4, 0.5) is 0 Å². The Hall–Kier alpha value is -1.42. The molecule has 0 unspecified atom stereocenters. The molecular weight excluding hydrogens is 240 g/mol. The number of carboxylic acids is 1. The zero-order valence-corrected chi connectivity index (χ0v) is 11.9. The SMILES string of the molecule is CCCCN(CCCC)Cc1ccc(C(=O)O)cn1. The Balaban J connectivity index is 2.58. The van der Waals surface area contributed by atoms with Crippen LogP contribution >= 0.6 is 0 Å². The molecule has 0 saturated heterocycles. The average molecular weight is 264 g/mol. The van der Waals surface area contributed by atoms with Gasteiger partial charge in [0.05, 0.1) is 11.3 Å². The standard InChI is InChI=1S/C15H24N2O2/c1-3-5-9-17(10-6-4-2)12-14-8-7-13(11-16-14)15(18)19/h7-8,11H,3-6,9-10,12H2,1-2H3,(H,18,19). The molecular formula is C15H24N2O2. The highest BCUT2D eigenvalue weighted by atomic mass is 16.4. The maximum atomic E-state index is 10.8. The van der Waals surface area contributed by atoms with E-state index in [9.17, 15) is 4.79 Å². The average Bonchev–Trinajstić information content (AvgIpc) is 2.42. The van der Waals surface area contributed by atoms with Gasteiger partial charge < -0.3 is 5.11 Å². The highest BCUT2D eigenvalue weighted by Crippen LogP contribution is 2.07. The summed E-state index contributed by atoms with van der Waals surface area (Å²) in [5, 5.41) is 8.84. The number of hydrogen-bond acceptors (Lipinski definition) is 3. The van der Waals surface area contributed by atoms with Gasteiger partial charge in [-0.1, -0.05) is 26.7 Å². The third kappa shape index (κ3) is 5.83. The van der Waals surface area contributed by atoms with Crippen LogP contribution in [0.5, 0.6) is 0 Å². The zero-order chi connectivity index (χ0) is 14.1. The van der Waals surface area contributed by atoms with Crippen LogP contribution in [0.3, 0.4) is 0 Å².